The molecule has 0 aliphatic heterocycles. The quantitative estimate of drug-likeness (QED) is 0.301. The second kappa shape index (κ2) is 14.1. The Morgan fingerprint density at radius 2 is 1.56 bits per heavy atom. The maximum absolute atomic E-state index is 14.1. The van der Waals surface area contributed by atoms with Crippen molar-refractivity contribution < 1.29 is 22.8 Å². The number of carbonyl (C=O) groups excluding carboxylic acids is 3. The van der Waals surface area contributed by atoms with E-state index in [-0.39, 0.29) is 36.4 Å². The maximum Gasteiger partial charge on any atom is 0.244 e. The molecule has 0 heterocycles. The molecule has 0 bridgehead atoms. The van der Waals surface area contributed by atoms with E-state index >= 15 is 0 Å². The van der Waals surface area contributed by atoms with Gasteiger partial charge in [0, 0.05) is 24.6 Å². The first-order valence-corrected chi connectivity index (χ1v) is 15.5. The average molecular weight is 578 g/mol. The Morgan fingerprint density at radius 1 is 0.902 bits per heavy atom. The summed E-state index contributed by atoms with van der Waals surface area (Å²) in [4.78, 5) is 41.3. The molecule has 0 aliphatic carbocycles. The Balaban J connectivity index is 2.08. The zero-order chi connectivity index (χ0) is 30.2. The molecule has 0 radical (unpaired) electrons. The molecule has 3 aromatic carbocycles. The summed E-state index contributed by atoms with van der Waals surface area (Å²) in [6.07, 6.45) is 1.98. The van der Waals surface area contributed by atoms with Crippen LogP contribution in [0.25, 0.3) is 0 Å². The van der Waals surface area contributed by atoms with Gasteiger partial charge < -0.3 is 10.2 Å². The fourth-order valence-electron chi connectivity index (χ4n) is 4.50. The lowest BCUT2D eigenvalue weighted by molar-refractivity contribution is -0.140. The monoisotopic (exact) mass is 577 g/mol. The Morgan fingerprint density at radius 3 is 2.17 bits per heavy atom. The second-order valence-corrected chi connectivity index (χ2v) is 12.3. The van der Waals surface area contributed by atoms with Gasteiger partial charge in [0.1, 0.15) is 12.6 Å². The van der Waals surface area contributed by atoms with Gasteiger partial charge in [-0.15, -0.1) is 0 Å². The van der Waals surface area contributed by atoms with Gasteiger partial charge in [0.2, 0.25) is 21.8 Å². The normalized spacial score (nSPS) is 12.7. The molecule has 3 aromatic rings. The fraction of sp³-hybridized carbons (Fsp3) is 0.344. The summed E-state index contributed by atoms with van der Waals surface area (Å²) < 4.78 is 26.9. The highest BCUT2D eigenvalue weighted by molar-refractivity contribution is 7.92. The Labute approximate surface area is 243 Å². The van der Waals surface area contributed by atoms with Crippen molar-refractivity contribution in [3.05, 3.63) is 101 Å². The number of sulfonamides is 1. The van der Waals surface area contributed by atoms with E-state index in [0.717, 1.165) is 27.3 Å². The van der Waals surface area contributed by atoms with E-state index < -0.39 is 28.5 Å². The number of anilines is 1. The summed E-state index contributed by atoms with van der Waals surface area (Å²) in [5.41, 5.74) is 3.21. The van der Waals surface area contributed by atoms with Crippen molar-refractivity contribution in [2.24, 2.45) is 0 Å². The van der Waals surface area contributed by atoms with Crippen LogP contribution in [0.2, 0.25) is 0 Å². The number of carbonyl (C=O) groups is 3. The van der Waals surface area contributed by atoms with Gasteiger partial charge in [-0.1, -0.05) is 79.2 Å². The van der Waals surface area contributed by atoms with Crippen LogP contribution in [0, 0.1) is 6.92 Å². The summed E-state index contributed by atoms with van der Waals surface area (Å²) in [5, 5.41) is 3.02. The first kappa shape index (κ1) is 31.5. The summed E-state index contributed by atoms with van der Waals surface area (Å²) in [6.45, 7) is 6.78. The van der Waals surface area contributed by atoms with Crippen LogP contribution in [-0.4, -0.2) is 55.8 Å². The molecule has 9 heteroatoms. The van der Waals surface area contributed by atoms with E-state index in [0.29, 0.717) is 12.0 Å². The van der Waals surface area contributed by atoms with Crippen molar-refractivity contribution in [3.8, 4) is 0 Å². The molecule has 0 unspecified atom stereocenters. The Kier molecular flexibility index (Phi) is 10.8. The highest BCUT2D eigenvalue weighted by Gasteiger charge is 2.33. The summed E-state index contributed by atoms with van der Waals surface area (Å²) in [6, 6.07) is 22.2. The van der Waals surface area contributed by atoms with E-state index in [1.807, 2.05) is 75.4 Å². The molecule has 8 nitrogen and oxygen atoms in total. The van der Waals surface area contributed by atoms with Crippen LogP contribution in [0.5, 0.6) is 0 Å². The molecule has 218 valence electrons. The molecule has 0 aliphatic rings. The third kappa shape index (κ3) is 9.01. The highest BCUT2D eigenvalue weighted by atomic mass is 32.2. The van der Waals surface area contributed by atoms with Crippen molar-refractivity contribution in [2.45, 2.75) is 59.2 Å². The third-order valence-electron chi connectivity index (χ3n) is 6.93. The van der Waals surface area contributed by atoms with Crippen molar-refractivity contribution in [2.75, 3.05) is 17.1 Å². The lowest BCUT2D eigenvalue weighted by atomic mass is 10.0. The fourth-order valence-corrected chi connectivity index (χ4v) is 5.34. The Hall–Kier alpha value is -3.98. The molecular weight excluding hydrogens is 538 g/mol. The molecule has 0 spiro atoms. The molecule has 2 amide bonds. The van der Waals surface area contributed by atoms with E-state index in [1.165, 1.54) is 17.9 Å². The number of ketones is 1. The number of nitrogens with zero attached hydrogens (tertiary/aromatic N) is 2. The summed E-state index contributed by atoms with van der Waals surface area (Å²) in [7, 11) is -3.92. The molecule has 0 saturated carbocycles. The number of hydrogen-bond donors (Lipinski definition) is 1. The minimum absolute atomic E-state index is 0.108. The van der Waals surface area contributed by atoms with Gasteiger partial charge in [-0.2, -0.15) is 0 Å². The van der Waals surface area contributed by atoms with Gasteiger partial charge in [0.25, 0.3) is 0 Å². The standard InChI is InChI=1S/C32H39N3O5S/c1-6-24(3)33-32(38)30(19-26-13-8-7-9-14-26)34(21-27-15-10-12-23(2)18-27)31(37)22-35(41(5,39)40)29-17-11-16-28(20-29)25(4)36/h7-18,20,24,30H,6,19,21-22H2,1-5H3,(H,33,38)/t24-,30-/m0/s1. The molecule has 0 fully saturated rings. The average Bonchev–Trinajstić information content (AvgIpc) is 2.93. The van der Waals surface area contributed by atoms with E-state index in [4.69, 9.17) is 0 Å². The van der Waals surface area contributed by atoms with E-state index in [9.17, 15) is 22.8 Å². The van der Waals surface area contributed by atoms with Crippen LogP contribution in [0.1, 0.15) is 54.2 Å². The SMILES string of the molecule is CC[C@H](C)NC(=O)[C@H](Cc1ccccc1)N(Cc1cccc(C)c1)C(=O)CN(c1cccc(C(C)=O)c1)S(C)(=O)=O. The predicted octanol–water partition coefficient (Wildman–Crippen LogP) is 4.52. The van der Waals surface area contributed by atoms with Gasteiger partial charge in [0.15, 0.2) is 5.78 Å². The van der Waals surface area contributed by atoms with Crippen LogP contribution in [0.4, 0.5) is 5.69 Å². The maximum atomic E-state index is 14.1. The van der Waals surface area contributed by atoms with E-state index in [1.54, 1.807) is 18.2 Å². The minimum atomic E-state index is -3.92. The molecule has 2 atom stereocenters. The van der Waals surface area contributed by atoms with E-state index in [2.05, 4.69) is 5.32 Å². The topological polar surface area (TPSA) is 104 Å². The third-order valence-corrected chi connectivity index (χ3v) is 8.07. The summed E-state index contributed by atoms with van der Waals surface area (Å²) in [5.74, 6) is -1.07. The van der Waals surface area contributed by atoms with Crippen molar-refractivity contribution in [3.63, 3.8) is 0 Å². The molecule has 3 rings (SSSR count). The lowest BCUT2D eigenvalue weighted by Gasteiger charge is -2.34. The van der Waals surface area contributed by atoms with Crippen molar-refractivity contribution in [1.82, 2.24) is 10.2 Å². The molecule has 0 aromatic heterocycles. The zero-order valence-corrected chi connectivity index (χ0v) is 25.1. The zero-order valence-electron chi connectivity index (χ0n) is 24.3. The van der Waals surface area contributed by atoms with Crippen LogP contribution in [-0.2, 0) is 32.6 Å². The van der Waals surface area contributed by atoms with Crippen LogP contribution in [0.3, 0.4) is 0 Å². The smallest absolute Gasteiger partial charge is 0.244 e. The number of aryl methyl sites for hydroxylation is 1. The number of benzene rings is 3. The molecule has 41 heavy (non-hydrogen) atoms. The van der Waals surface area contributed by atoms with Crippen LogP contribution < -0.4 is 9.62 Å². The largest absolute Gasteiger partial charge is 0.352 e. The van der Waals surface area contributed by atoms with Gasteiger partial charge in [0.05, 0.1) is 11.9 Å². The highest BCUT2D eigenvalue weighted by Crippen LogP contribution is 2.22. The second-order valence-electron chi connectivity index (χ2n) is 10.4. The van der Waals surface area contributed by atoms with Gasteiger partial charge >= 0.3 is 0 Å². The summed E-state index contributed by atoms with van der Waals surface area (Å²) >= 11 is 0. The molecule has 1 N–H and O–H groups in total. The van der Waals surface area contributed by atoms with Crippen LogP contribution in [0.15, 0.2) is 78.9 Å². The predicted molar refractivity (Wildman–Crippen MR) is 162 cm³/mol. The van der Waals surface area contributed by atoms with Crippen molar-refractivity contribution >= 4 is 33.3 Å². The Bertz CT molecular complexity index is 1470. The lowest BCUT2D eigenvalue weighted by Crippen LogP contribution is -2.54. The van der Waals surface area contributed by atoms with Crippen LogP contribution >= 0.6 is 0 Å². The first-order chi connectivity index (χ1) is 19.4. The number of rotatable bonds is 13. The number of hydrogen-bond acceptors (Lipinski definition) is 5. The first-order valence-electron chi connectivity index (χ1n) is 13.7. The minimum Gasteiger partial charge on any atom is -0.352 e. The van der Waals surface area contributed by atoms with Gasteiger partial charge in [-0.25, -0.2) is 8.42 Å². The molecule has 0 saturated heterocycles. The van der Waals surface area contributed by atoms with Gasteiger partial charge in [-0.3, -0.25) is 18.7 Å². The number of nitrogens with one attached hydrogen (secondary N) is 1. The number of Topliss-reactive ketones (excluding diaryl/α,β-unsaturated/α-hetero) is 1. The van der Waals surface area contributed by atoms with Crippen molar-refractivity contribution in [1.29, 1.82) is 0 Å². The van der Waals surface area contributed by atoms with Gasteiger partial charge in [-0.05, 0) is 50.5 Å². The number of amides is 2. The molecular formula is C32H39N3O5S.